The van der Waals surface area contributed by atoms with Crippen molar-refractivity contribution in [2.45, 2.75) is 6.61 Å². The summed E-state index contributed by atoms with van der Waals surface area (Å²) in [5.74, 6) is -2.26. The second kappa shape index (κ2) is 7.73. The Balaban J connectivity index is 2.00. The summed E-state index contributed by atoms with van der Waals surface area (Å²) in [5.41, 5.74) is 0.873. The molecule has 0 radical (unpaired) electrons. The monoisotopic (exact) mass is 430 g/mol. The summed E-state index contributed by atoms with van der Waals surface area (Å²) in [6, 6.07) is 8.20. The van der Waals surface area contributed by atoms with E-state index in [0.717, 1.165) is 16.8 Å². The molecule has 0 aliphatic rings. The first-order valence-corrected chi connectivity index (χ1v) is 8.45. The molecule has 0 unspecified atom stereocenters. The number of hydrogen-bond donors (Lipinski definition) is 1. The lowest BCUT2D eigenvalue weighted by molar-refractivity contribution is -0.0552. The second-order valence-corrected chi connectivity index (χ2v) is 6.45. The first-order valence-electron chi connectivity index (χ1n) is 7.69. The minimum Gasteiger partial charge on any atom is -0.478 e. The van der Waals surface area contributed by atoms with Gasteiger partial charge in [-0.2, -0.15) is 13.9 Å². The number of aromatic nitrogens is 2. The highest BCUT2D eigenvalue weighted by atomic mass is 35.5. The van der Waals surface area contributed by atoms with Crippen LogP contribution in [0.4, 0.5) is 13.2 Å². The van der Waals surface area contributed by atoms with Crippen LogP contribution in [0.5, 0.6) is 5.88 Å². The van der Waals surface area contributed by atoms with E-state index in [1.807, 2.05) is 0 Å². The molecule has 0 spiro atoms. The molecular formula is C18H11Cl2F3N2O3. The van der Waals surface area contributed by atoms with Crippen molar-refractivity contribution in [1.29, 1.82) is 0 Å². The summed E-state index contributed by atoms with van der Waals surface area (Å²) in [4.78, 5) is 11.2. The zero-order valence-corrected chi connectivity index (χ0v) is 15.6. The van der Waals surface area contributed by atoms with E-state index in [2.05, 4.69) is 9.84 Å². The first kappa shape index (κ1) is 20.0. The Morgan fingerprint density at radius 1 is 1.18 bits per heavy atom. The molecule has 0 fully saturated rings. The van der Waals surface area contributed by atoms with E-state index in [9.17, 15) is 18.0 Å². The lowest BCUT2D eigenvalue weighted by Gasteiger charge is -2.08. The largest absolute Gasteiger partial charge is 0.478 e. The summed E-state index contributed by atoms with van der Waals surface area (Å²) in [7, 11) is 1.40. The Labute approximate surface area is 166 Å². The first-order chi connectivity index (χ1) is 13.2. The van der Waals surface area contributed by atoms with Crippen molar-refractivity contribution < 1.29 is 27.8 Å². The standard InChI is InChI=1S/C18H11Cl2F3N2O3/c1-25-16(28-18(22)23)14(20)15(24-25)9-4-2-8(3-5-9)10-6-11(17(26)27)12(19)7-13(10)21/h2-7,18H,1H3,(H,26,27). The summed E-state index contributed by atoms with van der Waals surface area (Å²) in [6.45, 7) is -3.06. The predicted octanol–water partition coefficient (Wildman–Crippen LogP) is 5.50. The average molecular weight is 431 g/mol. The van der Waals surface area contributed by atoms with Crippen LogP contribution >= 0.6 is 23.2 Å². The SMILES string of the molecule is Cn1nc(-c2ccc(-c3cc(C(=O)O)c(Cl)cc3F)cc2)c(Cl)c1OC(F)F. The van der Waals surface area contributed by atoms with Gasteiger partial charge in [0.25, 0.3) is 0 Å². The Hall–Kier alpha value is -2.71. The van der Waals surface area contributed by atoms with Gasteiger partial charge in [-0.15, -0.1) is 0 Å². The molecule has 0 saturated carbocycles. The molecule has 10 heteroatoms. The van der Waals surface area contributed by atoms with Crippen molar-refractivity contribution >= 4 is 29.2 Å². The van der Waals surface area contributed by atoms with Gasteiger partial charge in [0.15, 0.2) is 0 Å². The maximum atomic E-state index is 14.2. The smallest absolute Gasteiger partial charge is 0.388 e. The van der Waals surface area contributed by atoms with E-state index in [1.54, 1.807) is 12.1 Å². The molecular weight excluding hydrogens is 420 g/mol. The molecule has 28 heavy (non-hydrogen) atoms. The molecule has 1 heterocycles. The number of alkyl halides is 2. The molecule has 3 aromatic rings. The molecule has 0 amide bonds. The van der Waals surface area contributed by atoms with Gasteiger partial charge >= 0.3 is 12.6 Å². The fourth-order valence-corrected chi connectivity index (χ4v) is 3.17. The number of rotatable bonds is 5. The molecule has 0 bridgehead atoms. The molecule has 5 nitrogen and oxygen atoms in total. The van der Waals surface area contributed by atoms with E-state index in [1.165, 1.54) is 19.2 Å². The highest BCUT2D eigenvalue weighted by molar-refractivity contribution is 6.34. The summed E-state index contributed by atoms with van der Waals surface area (Å²) >= 11 is 11.8. The second-order valence-electron chi connectivity index (χ2n) is 5.66. The van der Waals surface area contributed by atoms with Gasteiger partial charge in [0.1, 0.15) is 16.5 Å². The molecule has 0 saturated heterocycles. The number of hydrogen-bond acceptors (Lipinski definition) is 3. The van der Waals surface area contributed by atoms with Gasteiger partial charge in [-0.25, -0.2) is 13.9 Å². The van der Waals surface area contributed by atoms with E-state index in [0.29, 0.717) is 11.1 Å². The molecule has 3 rings (SSSR count). The quantitative estimate of drug-likeness (QED) is 0.580. The van der Waals surface area contributed by atoms with Gasteiger partial charge in [-0.3, -0.25) is 0 Å². The van der Waals surface area contributed by atoms with Crippen LogP contribution in [0.25, 0.3) is 22.4 Å². The minimum absolute atomic E-state index is 0.0437. The van der Waals surface area contributed by atoms with Gasteiger partial charge in [-0.1, -0.05) is 47.5 Å². The molecule has 0 aliphatic carbocycles. The molecule has 2 aromatic carbocycles. The molecule has 1 N–H and O–H groups in total. The Bertz CT molecular complexity index is 1050. The normalized spacial score (nSPS) is 11.1. The number of halogens is 5. The topological polar surface area (TPSA) is 64.4 Å². The van der Waals surface area contributed by atoms with Crippen LogP contribution in [0.3, 0.4) is 0 Å². The third-order valence-electron chi connectivity index (χ3n) is 3.90. The Kier molecular flexibility index (Phi) is 5.53. The summed E-state index contributed by atoms with van der Waals surface area (Å²) in [5, 5.41) is 12.9. The van der Waals surface area contributed by atoms with Crippen molar-refractivity contribution in [1.82, 2.24) is 9.78 Å². The van der Waals surface area contributed by atoms with Crippen LogP contribution in [0.1, 0.15) is 10.4 Å². The maximum Gasteiger partial charge on any atom is 0.388 e. The molecule has 0 aliphatic heterocycles. The van der Waals surface area contributed by atoms with E-state index in [-0.39, 0.29) is 32.7 Å². The van der Waals surface area contributed by atoms with Gasteiger partial charge in [0, 0.05) is 18.2 Å². The van der Waals surface area contributed by atoms with E-state index in [4.69, 9.17) is 28.3 Å². The fourth-order valence-electron chi connectivity index (χ4n) is 2.62. The van der Waals surface area contributed by atoms with Crippen molar-refractivity contribution in [2.75, 3.05) is 0 Å². The number of nitrogens with zero attached hydrogens (tertiary/aromatic N) is 2. The van der Waals surface area contributed by atoms with Crippen molar-refractivity contribution in [3.05, 3.63) is 57.8 Å². The van der Waals surface area contributed by atoms with Crippen LogP contribution < -0.4 is 4.74 Å². The Morgan fingerprint density at radius 2 is 1.79 bits per heavy atom. The maximum absolute atomic E-state index is 14.2. The summed E-state index contributed by atoms with van der Waals surface area (Å²) in [6.07, 6.45) is 0. The van der Waals surface area contributed by atoms with Crippen LogP contribution in [0.15, 0.2) is 36.4 Å². The zero-order valence-electron chi connectivity index (χ0n) is 14.1. The van der Waals surface area contributed by atoms with Crippen LogP contribution in [0.2, 0.25) is 10.0 Å². The third kappa shape index (κ3) is 3.79. The molecule has 1 aromatic heterocycles. The van der Waals surface area contributed by atoms with Crippen molar-refractivity contribution in [2.24, 2.45) is 7.05 Å². The Morgan fingerprint density at radius 3 is 2.36 bits per heavy atom. The van der Waals surface area contributed by atoms with Crippen molar-refractivity contribution in [3.8, 4) is 28.3 Å². The number of ether oxygens (including phenoxy) is 1. The van der Waals surface area contributed by atoms with Crippen LogP contribution in [0, 0.1) is 5.82 Å². The van der Waals surface area contributed by atoms with Gasteiger partial charge in [-0.05, 0) is 17.7 Å². The van der Waals surface area contributed by atoms with Crippen LogP contribution in [-0.4, -0.2) is 27.5 Å². The lowest BCUT2D eigenvalue weighted by atomic mass is 10.0. The number of carbonyl (C=O) groups is 1. The number of carboxylic acid groups (broad SMARTS) is 1. The van der Waals surface area contributed by atoms with E-state index < -0.39 is 18.4 Å². The number of carboxylic acids is 1. The number of benzene rings is 2. The van der Waals surface area contributed by atoms with Gasteiger partial charge in [0.05, 0.1) is 10.6 Å². The third-order valence-corrected chi connectivity index (χ3v) is 4.55. The van der Waals surface area contributed by atoms with Crippen LogP contribution in [-0.2, 0) is 7.05 Å². The van der Waals surface area contributed by atoms with Gasteiger partial charge < -0.3 is 9.84 Å². The zero-order chi connectivity index (χ0) is 20.6. The summed E-state index contributed by atoms with van der Waals surface area (Å²) < 4.78 is 44.6. The lowest BCUT2D eigenvalue weighted by Crippen LogP contribution is -2.06. The molecule has 146 valence electrons. The fraction of sp³-hybridized carbons (Fsp3) is 0.111. The highest BCUT2D eigenvalue weighted by Gasteiger charge is 2.21. The van der Waals surface area contributed by atoms with Gasteiger partial charge in [0.2, 0.25) is 5.88 Å². The predicted molar refractivity (Wildman–Crippen MR) is 97.6 cm³/mol. The molecule has 0 atom stereocenters. The highest BCUT2D eigenvalue weighted by Crippen LogP contribution is 2.36. The number of aromatic carboxylic acids is 1. The average Bonchev–Trinajstić information content (AvgIpc) is 2.89. The van der Waals surface area contributed by atoms with E-state index >= 15 is 0 Å². The van der Waals surface area contributed by atoms with Crippen molar-refractivity contribution in [3.63, 3.8) is 0 Å². The number of aryl methyl sites for hydroxylation is 1. The minimum atomic E-state index is -3.06.